The van der Waals surface area contributed by atoms with Gasteiger partial charge < -0.3 is 4.90 Å². The molecule has 0 aliphatic carbocycles. The van der Waals surface area contributed by atoms with Gasteiger partial charge in [-0.3, -0.25) is 9.59 Å². The topological polar surface area (TPSA) is 37.4 Å². The van der Waals surface area contributed by atoms with Gasteiger partial charge in [0.15, 0.2) is 0 Å². The van der Waals surface area contributed by atoms with Crippen LogP contribution in [0.4, 0.5) is 0 Å². The predicted octanol–water partition coefficient (Wildman–Crippen LogP) is 1.72. The molecule has 0 aromatic rings. The molecule has 0 unspecified atom stereocenters. The van der Waals surface area contributed by atoms with E-state index in [9.17, 15) is 9.59 Å². The lowest BCUT2D eigenvalue weighted by Gasteiger charge is -2.25. The second-order valence-corrected chi connectivity index (χ2v) is 4.55. The zero-order valence-corrected chi connectivity index (χ0v) is 9.83. The van der Waals surface area contributed by atoms with Crippen LogP contribution in [0.25, 0.3) is 0 Å². The van der Waals surface area contributed by atoms with Crippen LogP contribution in [-0.4, -0.2) is 29.7 Å². The number of nitrogens with zero attached hydrogens (tertiary/aromatic N) is 1. The SMILES string of the molecule is CC(=O)C(=O)N(CC(C)C)CC(C)C. The van der Waals surface area contributed by atoms with E-state index in [4.69, 9.17) is 0 Å². The van der Waals surface area contributed by atoms with Gasteiger partial charge in [-0.2, -0.15) is 0 Å². The van der Waals surface area contributed by atoms with E-state index in [-0.39, 0.29) is 11.7 Å². The smallest absolute Gasteiger partial charge is 0.289 e. The van der Waals surface area contributed by atoms with E-state index < -0.39 is 0 Å². The molecule has 0 saturated carbocycles. The molecule has 3 nitrogen and oxygen atoms in total. The molecule has 0 atom stereocenters. The Balaban J connectivity index is 4.38. The second-order valence-electron chi connectivity index (χ2n) is 4.55. The van der Waals surface area contributed by atoms with Crippen molar-refractivity contribution in [3.05, 3.63) is 0 Å². The van der Waals surface area contributed by atoms with Gasteiger partial charge >= 0.3 is 0 Å². The van der Waals surface area contributed by atoms with Crippen molar-refractivity contribution in [3.63, 3.8) is 0 Å². The van der Waals surface area contributed by atoms with Gasteiger partial charge in [-0.05, 0) is 11.8 Å². The normalized spacial score (nSPS) is 10.8. The van der Waals surface area contributed by atoms with Gasteiger partial charge in [-0.25, -0.2) is 0 Å². The van der Waals surface area contributed by atoms with Crippen molar-refractivity contribution in [1.82, 2.24) is 4.90 Å². The van der Waals surface area contributed by atoms with Crippen molar-refractivity contribution in [2.75, 3.05) is 13.1 Å². The minimum absolute atomic E-state index is 0.354. The number of carbonyl (C=O) groups is 2. The highest BCUT2D eigenvalue weighted by molar-refractivity contribution is 6.35. The van der Waals surface area contributed by atoms with E-state index in [1.165, 1.54) is 6.92 Å². The van der Waals surface area contributed by atoms with Crippen molar-refractivity contribution < 1.29 is 9.59 Å². The van der Waals surface area contributed by atoms with E-state index in [1.54, 1.807) is 4.90 Å². The number of carbonyl (C=O) groups excluding carboxylic acids is 2. The summed E-state index contributed by atoms with van der Waals surface area (Å²) in [5.74, 6) is 0.0767. The first kappa shape index (κ1) is 13.1. The minimum Gasteiger partial charge on any atom is -0.336 e. The van der Waals surface area contributed by atoms with Gasteiger partial charge in [0.05, 0.1) is 0 Å². The molecule has 0 aromatic carbocycles. The Bertz CT molecular complexity index is 199. The van der Waals surface area contributed by atoms with Gasteiger partial charge in [0.25, 0.3) is 5.91 Å². The van der Waals surface area contributed by atoms with Crippen LogP contribution in [0.2, 0.25) is 0 Å². The van der Waals surface area contributed by atoms with Crippen molar-refractivity contribution in [3.8, 4) is 0 Å². The molecular formula is C11H21NO2. The number of hydrogen-bond acceptors (Lipinski definition) is 2. The summed E-state index contributed by atoms with van der Waals surface area (Å²) in [6.45, 7) is 10.8. The lowest BCUT2D eigenvalue weighted by Crippen LogP contribution is -2.40. The molecular weight excluding hydrogens is 178 g/mol. The summed E-state index contributed by atoms with van der Waals surface area (Å²) in [6.07, 6.45) is 0. The maximum absolute atomic E-state index is 11.5. The average Bonchev–Trinajstić information content (AvgIpc) is 1.99. The Kier molecular flexibility index (Phi) is 5.43. The number of rotatable bonds is 5. The highest BCUT2D eigenvalue weighted by atomic mass is 16.2. The van der Waals surface area contributed by atoms with E-state index in [0.717, 1.165) is 0 Å². The molecule has 0 fully saturated rings. The molecule has 3 heteroatoms. The number of amides is 1. The zero-order valence-electron chi connectivity index (χ0n) is 9.83. The number of ketones is 1. The molecule has 1 amide bonds. The average molecular weight is 199 g/mol. The molecule has 0 saturated heterocycles. The van der Waals surface area contributed by atoms with E-state index in [1.807, 2.05) is 27.7 Å². The lowest BCUT2D eigenvalue weighted by atomic mass is 10.1. The zero-order chi connectivity index (χ0) is 11.3. The van der Waals surface area contributed by atoms with Crippen molar-refractivity contribution in [2.24, 2.45) is 11.8 Å². The molecule has 0 N–H and O–H groups in total. The molecule has 0 spiro atoms. The molecule has 0 heterocycles. The quantitative estimate of drug-likeness (QED) is 0.632. The molecule has 0 radical (unpaired) electrons. The molecule has 0 aromatic heterocycles. The third-order valence-electron chi connectivity index (χ3n) is 1.76. The van der Waals surface area contributed by atoms with Crippen LogP contribution in [0.1, 0.15) is 34.6 Å². The highest BCUT2D eigenvalue weighted by Gasteiger charge is 2.19. The van der Waals surface area contributed by atoms with E-state index >= 15 is 0 Å². The molecule has 0 bridgehead atoms. The summed E-state index contributed by atoms with van der Waals surface area (Å²) in [6, 6.07) is 0. The second kappa shape index (κ2) is 5.78. The van der Waals surface area contributed by atoms with Crippen LogP contribution in [0, 0.1) is 11.8 Å². The summed E-state index contributed by atoms with van der Waals surface area (Å²) in [5.41, 5.74) is 0. The van der Waals surface area contributed by atoms with Gasteiger partial charge in [0.1, 0.15) is 0 Å². The third kappa shape index (κ3) is 5.00. The Labute approximate surface area is 86.5 Å². The molecule has 0 aliphatic rings. The maximum Gasteiger partial charge on any atom is 0.289 e. The summed E-state index contributed by atoms with van der Waals surface area (Å²) in [4.78, 5) is 24.1. The van der Waals surface area contributed by atoms with Crippen molar-refractivity contribution in [1.29, 1.82) is 0 Å². The molecule has 0 aliphatic heterocycles. The van der Waals surface area contributed by atoms with Gasteiger partial charge in [-0.1, -0.05) is 27.7 Å². The van der Waals surface area contributed by atoms with Crippen LogP contribution < -0.4 is 0 Å². The van der Waals surface area contributed by atoms with Gasteiger partial charge in [0.2, 0.25) is 5.78 Å². The summed E-state index contributed by atoms with van der Waals surface area (Å²) < 4.78 is 0. The van der Waals surface area contributed by atoms with E-state index in [2.05, 4.69) is 0 Å². The number of hydrogen-bond donors (Lipinski definition) is 0. The Morgan fingerprint density at radius 2 is 1.36 bits per heavy atom. The Morgan fingerprint density at radius 1 is 1.00 bits per heavy atom. The fraction of sp³-hybridized carbons (Fsp3) is 0.818. The maximum atomic E-state index is 11.5. The fourth-order valence-corrected chi connectivity index (χ4v) is 1.34. The van der Waals surface area contributed by atoms with Crippen molar-refractivity contribution >= 4 is 11.7 Å². The predicted molar refractivity (Wildman–Crippen MR) is 56.9 cm³/mol. The van der Waals surface area contributed by atoms with Gasteiger partial charge in [0, 0.05) is 20.0 Å². The largest absolute Gasteiger partial charge is 0.336 e. The first-order chi connectivity index (χ1) is 6.34. The Morgan fingerprint density at radius 3 is 1.57 bits per heavy atom. The highest BCUT2D eigenvalue weighted by Crippen LogP contribution is 2.04. The first-order valence-corrected chi connectivity index (χ1v) is 5.14. The molecule has 14 heavy (non-hydrogen) atoms. The van der Waals surface area contributed by atoms with Crippen LogP contribution in [0.5, 0.6) is 0 Å². The van der Waals surface area contributed by atoms with Crippen LogP contribution >= 0.6 is 0 Å². The summed E-state index contributed by atoms with van der Waals surface area (Å²) in [7, 11) is 0. The monoisotopic (exact) mass is 199 g/mol. The molecule has 82 valence electrons. The minimum atomic E-state index is -0.369. The molecule has 0 rings (SSSR count). The van der Waals surface area contributed by atoms with Crippen LogP contribution in [0.3, 0.4) is 0 Å². The lowest BCUT2D eigenvalue weighted by molar-refractivity contribution is -0.144. The van der Waals surface area contributed by atoms with Crippen LogP contribution in [0.15, 0.2) is 0 Å². The van der Waals surface area contributed by atoms with Crippen molar-refractivity contribution in [2.45, 2.75) is 34.6 Å². The third-order valence-corrected chi connectivity index (χ3v) is 1.76. The number of Topliss-reactive ketones (excluding diaryl/α,β-unsaturated/α-hetero) is 1. The van der Waals surface area contributed by atoms with E-state index in [0.29, 0.717) is 24.9 Å². The Hall–Kier alpha value is -0.860. The van der Waals surface area contributed by atoms with Crippen LogP contribution in [-0.2, 0) is 9.59 Å². The van der Waals surface area contributed by atoms with Gasteiger partial charge in [-0.15, -0.1) is 0 Å². The first-order valence-electron chi connectivity index (χ1n) is 5.14. The summed E-state index contributed by atoms with van der Waals surface area (Å²) in [5, 5.41) is 0. The summed E-state index contributed by atoms with van der Waals surface area (Å²) >= 11 is 0. The fourth-order valence-electron chi connectivity index (χ4n) is 1.34. The standard InChI is InChI=1S/C11H21NO2/c1-8(2)6-12(7-9(3)4)11(14)10(5)13/h8-9H,6-7H2,1-5H3.